The summed E-state index contributed by atoms with van der Waals surface area (Å²) in [6, 6.07) is 0. The normalized spacial score (nSPS) is 34.9. The molecule has 2 aliphatic heterocycles. The van der Waals surface area contributed by atoms with E-state index >= 15 is 0 Å². The topological polar surface area (TPSA) is 144 Å². The second-order valence-corrected chi connectivity index (χ2v) is 9.67. The number of anilines is 1. The Morgan fingerprint density at radius 3 is 2.80 bits per heavy atom. The number of nitrogens with two attached hydrogens (primary N) is 1. The number of phosphoric ester groups is 1. The van der Waals surface area contributed by atoms with Gasteiger partial charge in [-0.15, -0.1) is 0 Å². The highest BCUT2D eigenvalue weighted by Gasteiger charge is 2.77. The lowest BCUT2D eigenvalue weighted by molar-refractivity contribution is -0.208. The number of aromatic amines is 1. The lowest BCUT2D eigenvalue weighted by Crippen LogP contribution is -2.55. The van der Waals surface area contributed by atoms with Gasteiger partial charge in [-0.1, -0.05) is 0 Å². The number of nitrogens with zero attached hydrogens (tertiary/aromatic N) is 3. The van der Waals surface area contributed by atoms with Gasteiger partial charge >= 0.3 is 7.82 Å². The maximum Gasteiger partial charge on any atom is 0.475 e. The largest absolute Gasteiger partial charge is 0.475 e. The molecule has 3 N–H and O–H groups in total. The van der Waals surface area contributed by atoms with E-state index in [4.69, 9.17) is 24.0 Å². The Labute approximate surface area is 168 Å². The van der Waals surface area contributed by atoms with Crippen LogP contribution in [-0.2, 0) is 22.9 Å². The number of nitrogens with one attached hydrogen (secondary N) is 1. The average Bonchev–Trinajstić information content (AvgIpc) is 3.25. The fraction of sp³-hybridized carbons (Fsp3) is 0.688. The number of hydrogen-bond acceptors (Lipinski definition) is 9. The summed E-state index contributed by atoms with van der Waals surface area (Å²) < 4.78 is 64.8. The molecule has 11 nitrogen and oxygen atoms in total. The fourth-order valence-electron chi connectivity index (χ4n) is 4.29. The molecular formula is C16H20F2N5O6P. The maximum absolute atomic E-state index is 14.3. The van der Waals surface area contributed by atoms with E-state index in [0.29, 0.717) is 12.8 Å². The van der Waals surface area contributed by atoms with Crippen molar-refractivity contribution in [2.45, 2.75) is 57.2 Å². The van der Waals surface area contributed by atoms with Crippen LogP contribution in [0.1, 0.15) is 32.9 Å². The molecule has 1 aliphatic carbocycles. The number of rotatable bonds is 4. The van der Waals surface area contributed by atoms with Crippen molar-refractivity contribution in [1.82, 2.24) is 19.5 Å². The Kier molecular flexibility index (Phi) is 4.20. The molecule has 0 bridgehead atoms. The number of hydrogen-bond donors (Lipinski definition) is 2. The minimum absolute atomic E-state index is 0.00412. The van der Waals surface area contributed by atoms with Crippen molar-refractivity contribution in [2.75, 3.05) is 12.3 Å². The molecule has 164 valence electrons. The molecule has 14 heteroatoms. The van der Waals surface area contributed by atoms with E-state index in [2.05, 4.69) is 15.0 Å². The number of imidazole rings is 1. The van der Waals surface area contributed by atoms with E-state index in [1.807, 2.05) is 0 Å². The van der Waals surface area contributed by atoms with Crippen molar-refractivity contribution in [3.63, 3.8) is 0 Å². The van der Waals surface area contributed by atoms with Crippen molar-refractivity contribution in [3.8, 4) is 0 Å². The van der Waals surface area contributed by atoms with Gasteiger partial charge in [-0.2, -0.15) is 4.98 Å². The lowest BCUT2D eigenvalue weighted by atomic mass is 9.87. The quantitative estimate of drug-likeness (QED) is 0.672. The predicted molar refractivity (Wildman–Crippen MR) is 97.7 cm³/mol. The molecule has 30 heavy (non-hydrogen) atoms. The van der Waals surface area contributed by atoms with Gasteiger partial charge in [0.05, 0.1) is 19.0 Å². The molecule has 1 spiro atoms. The van der Waals surface area contributed by atoms with Gasteiger partial charge in [0.2, 0.25) is 5.95 Å². The minimum atomic E-state index is -4.06. The number of halogens is 2. The van der Waals surface area contributed by atoms with Crippen LogP contribution in [-0.4, -0.2) is 50.4 Å². The smallest absolute Gasteiger partial charge is 0.369 e. The summed E-state index contributed by atoms with van der Waals surface area (Å²) in [6.07, 6.45) is -3.50. The summed E-state index contributed by atoms with van der Waals surface area (Å²) in [6.45, 7) is 2.60. The lowest BCUT2D eigenvalue weighted by Gasteiger charge is -2.40. The van der Waals surface area contributed by atoms with E-state index < -0.39 is 55.9 Å². The Bertz CT molecular complexity index is 1120. The molecule has 2 aromatic heterocycles. The molecular weight excluding hydrogens is 427 g/mol. The molecule has 0 amide bonds. The molecule has 4 heterocycles. The number of H-pyrrole nitrogens is 1. The SMILES string of the molecule is CC(C)OP1(=O)OC[C@@]2(C(F)F)O[C@@H](n3cnc4c(=O)[nH]c(N)nc43)C3(CC3)C2O1. The van der Waals surface area contributed by atoms with Crippen LogP contribution in [0.3, 0.4) is 0 Å². The van der Waals surface area contributed by atoms with Gasteiger partial charge in [-0.05, 0) is 26.7 Å². The van der Waals surface area contributed by atoms with E-state index in [1.54, 1.807) is 13.8 Å². The van der Waals surface area contributed by atoms with Crippen molar-refractivity contribution >= 4 is 24.9 Å². The first-order valence-corrected chi connectivity index (χ1v) is 10.9. The maximum atomic E-state index is 14.3. The Morgan fingerprint density at radius 2 is 2.17 bits per heavy atom. The third-order valence-electron chi connectivity index (χ3n) is 5.71. The van der Waals surface area contributed by atoms with Gasteiger partial charge in [-0.25, -0.2) is 18.3 Å². The van der Waals surface area contributed by atoms with Crippen molar-refractivity contribution in [1.29, 1.82) is 0 Å². The number of nitrogen functional groups attached to an aromatic ring is 1. The monoisotopic (exact) mass is 447 g/mol. The first-order valence-electron chi connectivity index (χ1n) is 9.40. The van der Waals surface area contributed by atoms with Gasteiger partial charge < -0.3 is 10.5 Å². The van der Waals surface area contributed by atoms with Crippen LogP contribution in [0.15, 0.2) is 11.1 Å². The predicted octanol–water partition coefficient (Wildman–Crippen LogP) is 1.96. The molecule has 1 saturated carbocycles. The highest BCUT2D eigenvalue weighted by atomic mass is 31.2. The van der Waals surface area contributed by atoms with Crippen molar-refractivity contribution in [3.05, 3.63) is 16.7 Å². The van der Waals surface area contributed by atoms with Gasteiger partial charge in [0, 0.05) is 5.41 Å². The Morgan fingerprint density at radius 1 is 1.43 bits per heavy atom. The van der Waals surface area contributed by atoms with Crippen molar-refractivity contribution in [2.24, 2.45) is 5.41 Å². The highest BCUT2D eigenvalue weighted by Crippen LogP contribution is 2.73. The standard InChI is InChI=1S/C16H20F2N5O6P/c1-7(2)28-30(25)26-5-16(12(17)18)11(29-30)15(3-4-15)13(27-16)23-6-20-8-9(23)21-14(19)22-10(8)24/h6-7,11-13H,3-5H2,1-2H3,(H3,19,21,22,24)/t11?,13-,16-,30?/m1/s1. The summed E-state index contributed by atoms with van der Waals surface area (Å²) in [5.74, 6) is -0.146. The minimum Gasteiger partial charge on any atom is -0.369 e. The molecule has 5 rings (SSSR count). The zero-order valence-corrected chi connectivity index (χ0v) is 17.0. The number of aromatic nitrogens is 4. The molecule has 3 aliphatic rings. The Balaban J connectivity index is 1.61. The van der Waals surface area contributed by atoms with Crippen LogP contribution in [0.4, 0.5) is 14.7 Å². The van der Waals surface area contributed by atoms with E-state index in [-0.39, 0.29) is 17.1 Å². The molecule has 0 radical (unpaired) electrons. The second-order valence-electron chi connectivity index (χ2n) is 8.09. The summed E-state index contributed by atoms with van der Waals surface area (Å²) in [4.78, 5) is 22.6. The van der Waals surface area contributed by atoms with Crippen LogP contribution in [0, 0.1) is 5.41 Å². The van der Waals surface area contributed by atoms with E-state index in [1.165, 1.54) is 10.9 Å². The van der Waals surface area contributed by atoms with Crippen LogP contribution in [0.2, 0.25) is 0 Å². The first kappa shape index (κ1) is 20.0. The van der Waals surface area contributed by atoms with Gasteiger partial charge in [-0.3, -0.25) is 27.9 Å². The summed E-state index contributed by atoms with van der Waals surface area (Å²) >= 11 is 0. The number of phosphoric acid groups is 1. The van der Waals surface area contributed by atoms with Gasteiger partial charge in [0.1, 0.15) is 12.3 Å². The van der Waals surface area contributed by atoms with Crippen LogP contribution in [0.5, 0.6) is 0 Å². The van der Waals surface area contributed by atoms with Gasteiger partial charge in [0.15, 0.2) is 16.8 Å². The summed E-state index contributed by atoms with van der Waals surface area (Å²) in [7, 11) is -4.06. The summed E-state index contributed by atoms with van der Waals surface area (Å²) in [5, 5.41) is 0. The van der Waals surface area contributed by atoms with Crippen LogP contribution < -0.4 is 11.3 Å². The van der Waals surface area contributed by atoms with Crippen LogP contribution >= 0.6 is 7.82 Å². The van der Waals surface area contributed by atoms with E-state index in [0.717, 1.165) is 0 Å². The zero-order valence-electron chi connectivity index (χ0n) is 16.1. The Hall–Kier alpha value is -1.92. The van der Waals surface area contributed by atoms with E-state index in [9.17, 15) is 18.1 Å². The molecule has 2 saturated heterocycles. The third-order valence-corrected chi connectivity index (χ3v) is 7.31. The van der Waals surface area contributed by atoms with Crippen molar-refractivity contribution < 1.29 is 31.7 Å². The fourth-order valence-corrected chi connectivity index (χ4v) is 5.98. The zero-order chi connectivity index (χ0) is 21.5. The number of alkyl halides is 2. The third kappa shape index (κ3) is 2.69. The molecule has 2 aromatic rings. The molecule has 2 unspecified atom stereocenters. The van der Waals surface area contributed by atoms with Crippen LogP contribution in [0.25, 0.3) is 11.2 Å². The van der Waals surface area contributed by atoms with Gasteiger partial charge in [0.25, 0.3) is 12.0 Å². The highest BCUT2D eigenvalue weighted by molar-refractivity contribution is 7.48. The number of fused-ring (bicyclic) bond motifs is 3. The molecule has 3 fully saturated rings. The first-order chi connectivity index (χ1) is 14.1. The molecule has 0 aromatic carbocycles. The summed E-state index contributed by atoms with van der Waals surface area (Å²) in [5.41, 5.74) is 2.09. The second kappa shape index (κ2) is 6.30. The molecule has 4 atom stereocenters. The number of ether oxygens (including phenoxy) is 1. The average molecular weight is 447 g/mol.